The van der Waals surface area contributed by atoms with Gasteiger partial charge in [-0.2, -0.15) is 0 Å². The standard InChI is InChI=1S/C22H19N3O3/c1-13-8-10-15(11-9-13)20-23-19(22(27)28-3)16-12-18(26)25(21(16)24-20)17-7-5-4-6-14(17)2/h4-11H,12H2,1-3H3. The van der Waals surface area contributed by atoms with Gasteiger partial charge in [-0.15, -0.1) is 0 Å². The van der Waals surface area contributed by atoms with Gasteiger partial charge in [0.15, 0.2) is 11.5 Å². The first-order valence-corrected chi connectivity index (χ1v) is 8.94. The number of benzene rings is 2. The van der Waals surface area contributed by atoms with Crippen LogP contribution in [0.15, 0.2) is 48.5 Å². The number of hydrogen-bond acceptors (Lipinski definition) is 5. The zero-order valence-corrected chi connectivity index (χ0v) is 15.9. The van der Waals surface area contributed by atoms with Crippen LogP contribution in [0.3, 0.4) is 0 Å². The van der Waals surface area contributed by atoms with Crippen molar-refractivity contribution in [1.29, 1.82) is 0 Å². The maximum absolute atomic E-state index is 12.8. The molecule has 0 radical (unpaired) electrons. The minimum absolute atomic E-state index is 0.0578. The molecule has 0 fully saturated rings. The molecular formula is C22H19N3O3. The van der Waals surface area contributed by atoms with Crippen molar-refractivity contribution in [2.75, 3.05) is 12.0 Å². The Kier molecular flexibility index (Phi) is 4.39. The molecule has 28 heavy (non-hydrogen) atoms. The number of amides is 1. The minimum Gasteiger partial charge on any atom is -0.464 e. The van der Waals surface area contributed by atoms with E-state index in [0.717, 1.165) is 22.4 Å². The predicted molar refractivity (Wildman–Crippen MR) is 106 cm³/mol. The number of esters is 1. The lowest BCUT2D eigenvalue weighted by molar-refractivity contribution is -0.116. The average Bonchev–Trinajstić information content (AvgIpc) is 3.03. The van der Waals surface area contributed by atoms with Gasteiger partial charge < -0.3 is 4.74 Å². The summed E-state index contributed by atoms with van der Waals surface area (Å²) < 4.78 is 4.91. The third-order valence-electron chi connectivity index (χ3n) is 4.82. The lowest BCUT2D eigenvalue weighted by Gasteiger charge is -2.19. The molecule has 0 saturated carbocycles. The molecule has 0 atom stereocenters. The smallest absolute Gasteiger partial charge is 0.357 e. The molecule has 6 nitrogen and oxygen atoms in total. The summed E-state index contributed by atoms with van der Waals surface area (Å²) in [5, 5.41) is 0. The van der Waals surface area contributed by atoms with Crippen molar-refractivity contribution >= 4 is 23.4 Å². The summed E-state index contributed by atoms with van der Waals surface area (Å²) in [5.74, 6) is 0.0916. The van der Waals surface area contributed by atoms with Crippen molar-refractivity contribution < 1.29 is 14.3 Å². The van der Waals surface area contributed by atoms with E-state index in [1.54, 1.807) is 4.90 Å². The molecule has 2 heterocycles. The molecule has 1 aliphatic rings. The van der Waals surface area contributed by atoms with Gasteiger partial charge >= 0.3 is 5.97 Å². The molecular weight excluding hydrogens is 354 g/mol. The fourth-order valence-electron chi connectivity index (χ4n) is 3.33. The number of aromatic nitrogens is 2. The summed E-state index contributed by atoms with van der Waals surface area (Å²) in [6.45, 7) is 3.93. The largest absolute Gasteiger partial charge is 0.464 e. The second kappa shape index (κ2) is 6.88. The minimum atomic E-state index is -0.577. The van der Waals surface area contributed by atoms with E-state index in [-0.39, 0.29) is 18.0 Å². The molecule has 1 amide bonds. The van der Waals surface area contributed by atoms with Gasteiger partial charge in [0.25, 0.3) is 0 Å². The van der Waals surface area contributed by atoms with Gasteiger partial charge in [0, 0.05) is 11.1 Å². The number of hydrogen-bond donors (Lipinski definition) is 0. The van der Waals surface area contributed by atoms with E-state index < -0.39 is 5.97 Å². The second-order valence-corrected chi connectivity index (χ2v) is 6.75. The number of ether oxygens (including phenoxy) is 1. The van der Waals surface area contributed by atoms with E-state index >= 15 is 0 Å². The molecule has 1 aliphatic heterocycles. The molecule has 0 bridgehead atoms. The van der Waals surface area contributed by atoms with Crippen LogP contribution in [0.1, 0.15) is 27.2 Å². The van der Waals surface area contributed by atoms with E-state index in [9.17, 15) is 9.59 Å². The first-order valence-electron chi connectivity index (χ1n) is 8.94. The van der Waals surface area contributed by atoms with Crippen LogP contribution in [0.5, 0.6) is 0 Å². The van der Waals surface area contributed by atoms with Crippen LogP contribution in [0.4, 0.5) is 11.5 Å². The van der Waals surface area contributed by atoms with Crippen LogP contribution in [0, 0.1) is 13.8 Å². The van der Waals surface area contributed by atoms with Crippen LogP contribution in [-0.4, -0.2) is 29.0 Å². The summed E-state index contributed by atoms with van der Waals surface area (Å²) in [7, 11) is 1.30. The topological polar surface area (TPSA) is 72.4 Å². The predicted octanol–water partition coefficient (Wildman–Crippen LogP) is 3.77. The number of para-hydroxylation sites is 1. The zero-order chi connectivity index (χ0) is 19.8. The lowest BCUT2D eigenvalue weighted by atomic mass is 10.1. The van der Waals surface area contributed by atoms with Crippen LogP contribution in [0.25, 0.3) is 11.4 Å². The van der Waals surface area contributed by atoms with E-state index in [1.807, 2.05) is 62.4 Å². The number of nitrogens with zero attached hydrogens (tertiary/aromatic N) is 3. The third-order valence-corrected chi connectivity index (χ3v) is 4.82. The van der Waals surface area contributed by atoms with Crippen molar-refractivity contribution in [2.24, 2.45) is 0 Å². The summed E-state index contributed by atoms with van der Waals surface area (Å²) in [6, 6.07) is 15.3. The Morgan fingerprint density at radius 3 is 2.43 bits per heavy atom. The van der Waals surface area contributed by atoms with Crippen LogP contribution in [-0.2, 0) is 16.0 Å². The summed E-state index contributed by atoms with van der Waals surface area (Å²) in [5.41, 5.74) is 4.19. The number of carbonyl (C=O) groups excluding carboxylic acids is 2. The van der Waals surface area contributed by atoms with E-state index in [2.05, 4.69) is 9.97 Å². The van der Waals surface area contributed by atoms with Gasteiger partial charge in [-0.25, -0.2) is 14.8 Å². The number of anilines is 2. The zero-order valence-electron chi connectivity index (χ0n) is 15.9. The van der Waals surface area contributed by atoms with E-state index in [4.69, 9.17) is 4.74 Å². The highest BCUT2D eigenvalue weighted by atomic mass is 16.5. The summed E-state index contributed by atoms with van der Waals surface area (Å²) in [4.78, 5) is 35.9. The second-order valence-electron chi connectivity index (χ2n) is 6.75. The van der Waals surface area contributed by atoms with Gasteiger partial charge in [-0.3, -0.25) is 9.69 Å². The first-order chi connectivity index (χ1) is 13.5. The Labute approximate surface area is 162 Å². The van der Waals surface area contributed by atoms with Gasteiger partial charge in [0.05, 0.1) is 19.2 Å². The molecule has 0 aliphatic carbocycles. The van der Waals surface area contributed by atoms with Gasteiger partial charge in [-0.1, -0.05) is 48.0 Å². The molecule has 0 saturated heterocycles. The molecule has 3 aromatic rings. The van der Waals surface area contributed by atoms with Crippen molar-refractivity contribution in [1.82, 2.24) is 9.97 Å². The normalized spacial score (nSPS) is 12.8. The van der Waals surface area contributed by atoms with E-state index in [0.29, 0.717) is 17.2 Å². The lowest BCUT2D eigenvalue weighted by Crippen LogP contribution is -2.22. The van der Waals surface area contributed by atoms with Gasteiger partial charge in [0.1, 0.15) is 5.82 Å². The van der Waals surface area contributed by atoms with Crippen LogP contribution < -0.4 is 4.90 Å². The average molecular weight is 373 g/mol. The van der Waals surface area contributed by atoms with E-state index in [1.165, 1.54) is 7.11 Å². The summed E-state index contributed by atoms with van der Waals surface area (Å²) >= 11 is 0. The molecule has 140 valence electrons. The molecule has 2 aromatic carbocycles. The molecule has 0 unspecified atom stereocenters. The fourth-order valence-corrected chi connectivity index (χ4v) is 3.33. The maximum atomic E-state index is 12.8. The Morgan fingerprint density at radius 2 is 1.75 bits per heavy atom. The first kappa shape index (κ1) is 17.9. The monoisotopic (exact) mass is 373 g/mol. The quantitative estimate of drug-likeness (QED) is 0.654. The van der Waals surface area contributed by atoms with Crippen LogP contribution >= 0.6 is 0 Å². The number of carbonyl (C=O) groups is 2. The molecule has 0 N–H and O–H groups in total. The van der Waals surface area contributed by atoms with Gasteiger partial charge in [-0.05, 0) is 25.5 Å². The highest BCUT2D eigenvalue weighted by Gasteiger charge is 2.36. The Morgan fingerprint density at radius 1 is 1.04 bits per heavy atom. The molecule has 4 rings (SSSR count). The fraction of sp³-hybridized carbons (Fsp3) is 0.182. The Balaban J connectivity index is 1.95. The maximum Gasteiger partial charge on any atom is 0.357 e. The van der Waals surface area contributed by atoms with Gasteiger partial charge in [0.2, 0.25) is 5.91 Å². The van der Waals surface area contributed by atoms with Crippen molar-refractivity contribution in [3.8, 4) is 11.4 Å². The van der Waals surface area contributed by atoms with Crippen molar-refractivity contribution in [2.45, 2.75) is 20.3 Å². The number of methoxy groups -OCH3 is 1. The number of fused-ring (bicyclic) bond motifs is 1. The Bertz CT molecular complexity index is 1090. The number of rotatable bonds is 3. The van der Waals surface area contributed by atoms with Crippen molar-refractivity contribution in [3.05, 3.63) is 70.9 Å². The summed E-state index contributed by atoms with van der Waals surface area (Å²) in [6.07, 6.45) is 0.0578. The SMILES string of the molecule is COC(=O)c1nc(-c2ccc(C)cc2)nc2c1CC(=O)N2c1ccccc1C. The molecule has 6 heteroatoms. The highest BCUT2D eigenvalue weighted by molar-refractivity contribution is 6.09. The van der Waals surface area contributed by atoms with Crippen molar-refractivity contribution in [3.63, 3.8) is 0 Å². The van der Waals surface area contributed by atoms with Crippen LogP contribution in [0.2, 0.25) is 0 Å². The third kappa shape index (κ3) is 2.93. The Hall–Kier alpha value is -3.54. The number of aryl methyl sites for hydroxylation is 2. The molecule has 0 spiro atoms. The highest BCUT2D eigenvalue weighted by Crippen LogP contribution is 2.38. The molecule has 1 aromatic heterocycles.